The SMILES string of the molecule is Cc1c(C2CN(C(=O)c3nnc(-c4ccc(F)cc4F)s3)Cc3ccsc32)cnn1C. The van der Waals surface area contributed by atoms with E-state index in [4.69, 9.17) is 0 Å². The van der Waals surface area contributed by atoms with Crippen LogP contribution in [0.1, 0.15) is 37.4 Å². The zero-order valence-electron chi connectivity index (χ0n) is 16.7. The molecule has 6 nitrogen and oxygen atoms in total. The van der Waals surface area contributed by atoms with E-state index >= 15 is 0 Å². The van der Waals surface area contributed by atoms with Gasteiger partial charge in [-0.3, -0.25) is 9.48 Å². The molecule has 5 rings (SSSR count). The third-order valence-corrected chi connectivity index (χ3v) is 7.58. The summed E-state index contributed by atoms with van der Waals surface area (Å²) in [4.78, 5) is 16.2. The van der Waals surface area contributed by atoms with Crippen molar-refractivity contribution >= 4 is 28.6 Å². The van der Waals surface area contributed by atoms with Gasteiger partial charge in [0.2, 0.25) is 5.01 Å². The Labute approximate surface area is 184 Å². The first-order chi connectivity index (χ1) is 14.9. The molecule has 0 N–H and O–H groups in total. The molecule has 1 atom stereocenters. The van der Waals surface area contributed by atoms with Crippen molar-refractivity contribution in [2.75, 3.05) is 6.54 Å². The van der Waals surface area contributed by atoms with Gasteiger partial charge in [0.05, 0.1) is 6.20 Å². The molecule has 0 aliphatic carbocycles. The van der Waals surface area contributed by atoms with Gasteiger partial charge in [-0.25, -0.2) is 8.78 Å². The molecule has 4 heterocycles. The normalized spacial score (nSPS) is 15.9. The average molecular weight is 458 g/mol. The third kappa shape index (κ3) is 3.45. The zero-order chi connectivity index (χ0) is 21.7. The molecule has 1 unspecified atom stereocenters. The lowest BCUT2D eigenvalue weighted by Gasteiger charge is -2.32. The number of hydrogen-bond donors (Lipinski definition) is 0. The lowest BCUT2D eigenvalue weighted by atomic mass is 9.91. The lowest BCUT2D eigenvalue weighted by molar-refractivity contribution is 0.0725. The fourth-order valence-electron chi connectivity index (χ4n) is 3.83. The quantitative estimate of drug-likeness (QED) is 0.458. The van der Waals surface area contributed by atoms with Crippen LogP contribution in [0.25, 0.3) is 10.6 Å². The molecule has 0 radical (unpaired) electrons. The highest BCUT2D eigenvalue weighted by Crippen LogP contribution is 2.39. The molecule has 4 aromatic rings. The van der Waals surface area contributed by atoms with Crippen LogP contribution in [0, 0.1) is 18.6 Å². The highest BCUT2D eigenvalue weighted by atomic mass is 32.1. The Balaban J connectivity index is 1.45. The zero-order valence-corrected chi connectivity index (χ0v) is 18.3. The molecule has 1 aliphatic rings. The van der Waals surface area contributed by atoms with Crippen LogP contribution in [0.15, 0.2) is 35.8 Å². The topological polar surface area (TPSA) is 63.9 Å². The number of amides is 1. The lowest BCUT2D eigenvalue weighted by Crippen LogP contribution is -2.38. The third-order valence-electron chi connectivity index (χ3n) is 5.57. The van der Waals surface area contributed by atoms with Crippen LogP contribution in [-0.4, -0.2) is 37.3 Å². The maximum Gasteiger partial charge on any atom is 0.285 e. The van der Waals surface area contributed by atoms with Gasteiger partial charge in [0, 0.05) is 53.8 Å². The Morgan fingerprint density at radius 3 is 2.81 bits per heavy atom. The minimum absolute atomic E-state index is 0.0309. The Morgan fingerprint density at radius 2 is 2.06 bits per heavy atom. The van der Waals surface area contributed by atoms with Crippen molar-refractivity contribution in [2.24, 2.45) is 7.05 Å². The van der Waals surface area contributed by atoms with Crippen molar-refractivity contribution in [3.8, 4) is 10.6 Å². The summed E-state index contributed by atoms with van der Waals surface area (Å²) >= 11 is 2.69. The number of carbonyl (C=O) groups is 1. The van der Waals surface area contributed by atoms with Gasteiger partial charge in [0.25, 0.3) is 5.91 Å². The molecule has 0 fully saturated rings. The summed E-state index contributed by atoms with van der Waals surface area (Å²) in [5.41, 5.74) is 3.38. The second kappa shape index (κ2) is 7.61. The van der Waals surface area contributed by atoms with E-state index in [1.165, 1.54) is 10.9 Å². The predicted octanol–water partition coefficient (Wildman–Crippen LogP) is 4.37. The molecule has 10 heteroatoms. The smallest absolute Gasteiger partial charge is 0.285 e. The summed E-state index contributed by atoms with van der Waals surface area (Å²) in [7, 11) is 1.90. The van der Waals surface area contributed by atoms with Crippen molar-refractivity contribution in [2.45, 2.75) is 19.4 Å². The van der Waals surface area contributed by atoms with Gasteiger partial charge in [0.1, 0.15) is 11.6 Å². The van der Waals surface area contributed by atoms with Crippen LogP contribution >= 0.6 is 22.7 Å². The summed E-state index contributed by atoms with van der Waals surface area (Å²) in [5, 5.41) is 14.8. The van der Waals surface area contributed by atoms with Gasteiger partial charge < -0.3 is 4.90 Å². The monoisotopic (exact) mass is 457 g/mol. The van der Waals surface area contributed by atoms with Crippen LogP contribution < -0.4 is 0 Å². The van der Waals surface area contributed by atoms with Crippen molar-refractivity contribution in [1.29, 1.82) is 0 Å². The standard InChI is InChI=1S/C21H17F2N5OS2/c1-11-15(8-24-27(11)2)16-10-28(9-12-5-6-30-18(12)16)21(29)20-26-25-19(31-20)14-4-3-13(22)7-17(14)23/h3-8,16H,9-10H2,1-2H3. The number of thiophene rings is 1. The van der Waals surface area contributed by atoms with Gasteiger partial charge in [0.15, 0.2) is 5.01 Å². The number of benzene rings is 1. The van der Waals surface area contributed by atoms with Gasteiger partial charge in [-0.05, 0) is 36.1 Å². The minimum atomic E-state index is -0.733. The number of fused-ring (bicyclic) bond motifs is 1. The number of carbonyl (C=O) groups excluding carboxylic acids is 1. The van der Waals surface area contributed by atoms with E-state index in [1.807, 2.05) is 36.3 Å². The fraction of sp³-hybridized carbons (Fsp3) is 0.238. The largest absolute Gasteiger partial charge is 0.331 e. The molecule has 158 valence electrons. The van der Waals surface area contributed by atoms with Gasteiger partial charge in [-0.1, -0.05) is 11.3 Å². The number of hydrogen-bond acceptors (Lipinski definition) is 6. The summed E-state index contributed by atoms with van der Waals surface area (Å²) in [5.74, 6) is -1.63. The molecule has 0 bridgehead atoms. The summed E-state index contributed by atoms with van der Waals surface area (Å²) < 4.78 is 29.1. The molecule has 0 saturated carbocycles. The molecule has 1 aliphatic heterocycles. The van der Waals surface area contributed by atoms with E-state index in [-0.39, 0.29) is 27.4 Å². The number of rotatable bonds is 3. The molecular weight excluding hydrogens is 440 g/mol. The number of halogens is 2. The van der Waals surface area contributed by atoms with Crippen molar-refractivity contribution in [1.82, 2.24) is 24.9 Å². The molecule has 3 aromatic heterocycles. The Hall–Kier alpha value is -2.98. The first-order valence-electron chi connectivity index (χ1n) is 9.55. The van der Waals surface area contributed by atoms with Gasteiger partial charge in [-0.15, -0.1) is 21.5 Å². The molecule has 31 heavy (non-hydrogen) atoms. The Bertz CT molecular complexity index is 1290. The average Bonchev–Trinajstić information content (AvgIpc) is 3.48. The number of aromatic nitrogens is 4. The second-order valence-corrected chi connectivity index (χ2v) is 9.32. The second-order valence-electron chi connectivity index (χ2n) is 7.39. The van der Waals surface area contributed by atoms with E-state index in [0.29, 0.717) is 13.1 Å². The van der Waals surface area contributed by atoms with Crippen LogP contribution in [0.3, 0.4) is 0 Å². The summed E-state index contributed by atoms with van der Waals surface area (Å²) in [6.45, 7) is 3.00. The van der Waals surface area contributed by atoms with Crippen LogP contribution in [0.2, 0.25) is 0 Å². The van der Waals surface area contributed by atoms with Crippen molar-refractivity contribution in [3.63, 3.8) is 0 Å². The van der Waals surface area contributed by atoms with Gasteiger partial charge >= 0.3 is 0 Å². The van der Waals surface area contributed by atoms with E-state index < -0.39 is 11.6 Å². The van der Waals surface area contributed by atoms with E-state index in [0.717, 1.165) is 40.3 Å². The molecule has 1 aromatic carbocycles. The van der Waals surface area contributed by atoms with Crippen LogP contribution in [0.4, 0.5) is 8.78 Å². The first kappa shape index (κ1) is 20.0. The number of aryl methyl sites for hydroxylation is 1. The van der Waals surface area contributed by atoms with E-state index in [1.54, 1.807) is 16.2 Å². The maximum absolute atomic E-state index is 14.1. The summed E-state index contributed by atoms with van der Waals surface area (Å²) in [6.07, 6.45) is 1.86. The highest BCUT2D eigenvalue weighted by Gasteiger charge is 2.33. The Kier molecular flexibility index (Phi) is 4.90. The van der Waals surface area contributed by atoms with Crippen LogP contribution in [-0.2, 0) is 13.6 Å². The van der Waals surface area contributed by atoms with Gasteiger partial charge in [-0.2, -0.15) is 5.10 Å². The molecule has 0 saturated heterocycles. The summed E-state index contributed by atoms with van der Waals surface area (Å²) in [6, 6.07) is 5.30. The first-order valence-corrected chi connectivity index (χ1v) is 11.2. The Morgan fingerprint density at radius 1 is 1.23 bits per heavy atom. The fourth-order valence-corrected chi connectivity index (χ4v) is 5.69. The molecular formula is C21H17F2N5OS2. The number of nitrogens with zero attached hydrogens (tertiary/aromatic N) is 5. The van der Waals surface area contributed by atoms with Crippen LogP contribution in [0.5, 0.6) is 0 Å². The molecule has 0 spiro atoms. The van der Waals surface area contributed by atoms with E-state index in [9.17, 15) is 13.6 Å². The molecule has 1 amide bonds. The van der Waals surface area contributed by atoms with Crippen molar-refractivity contribution < 1.29 is 13.6 Å². The van der Waals surface area contributed by atoms with Crippen molar-refractivity contribution in [3.05, 3.63) is 74.2 Å². The predicted molar refractivity (Wildman–Crippen MR) is 114 cm³/mol. The van der Waals surface area contributed by atoms with E-state index in [2.05, 4.69) is 15.3 Å². The maximum atomic E-state index is 14.1. The minimum Gasteiger partial charge on any atom is -0.331 e. The highest BCUT2D eigenvalue weighted by molar-refractivity contribution is 7.16.